The highest BCUT2D eigenvalue weighted by atomic mass is 28.2. The lowest BCUT2D eigenvalue weighted by atomic mass is 10.5. The fraction of sp³-hybridized carbons (Fsp3) is 0.545. The van der Waals surface area contributed by atoms with Crippen LogP contribution in [0.3, 0.4) is 0 Å². The van der Waals surface area contributed by atoms with Gasteiger partial charge in [0.15, 0.2) is 0 Å². The Labute approximate surface area is 98.9 Å². The zero-order valence-corrected chi connectivity index (χ0v) is 11.4. The van der Waals surface area contributed by atoms with Crippen LogP contribution in [0, 0.1) is 0 Å². The Hall–Kier alpha value is -1.32. The lowest BCUT2D eigenvalue weighted by Crippen LogP contribution is -2.23. The molecule has 0 atom stereocenters. The fourth-order valence-electron chi connectivity index (χ4n) is 1.14. The average Bonchev–Trinajstić information content (AvgIpc) is 2.15. The number of ether oxygens (including phenoxy) is 2. The van der Waals surface area contributed by atoms with Gasteiger partial charge in [0.25, 0.3) is 0 Å². The first-order valence-electron chi connectivity index (χ1n) is 5.24. The van der Waals surface area contributed by atoms with E-state index in [-0.39, 0.29) is 5.91 Å². The first kappa shape index (κ1) is 14.7. The van der Waals surface area contributed by atoms with Gasteiger partial charge in [-0.2, -0.15) is 0 Å². The van der Waals surface area contributed by atoms with Gasteiger partial charge in [0, 0.05) is 0 Å². The standard InChI is InChI=1S/C11H19NO3Si/c1-9(2)14-11(15-10(3)4)16-7-5-6-12-8-13/h11H,1,3,5-7,16H2,2,4H3. The van der Waals surface area contributed by atoms with Crippen molar-refractivity contribution in [2.75, 3.05) is 6.54 Å². The number of allylic oxidation sites excluding steroid dienone is 2. The van der Waals surface area contributed by atoms with Crippen LogP contribution < -0.4 is 0 Å². The van der Waals surface area contributed by atoms with Crippen molar-refractivity contribution in [3.8, 4) is 0 Å². The Bertz CT molecular complexity index is 269. The van der Waals surface area contributed by atoms with E-state index in [0.717, 1.165) is 12.5 Å². The van der Waals surface area contributed by atoms with E-state index in [2.05, 4.69) is 18.2 Å². The summed E-state index contributed by atoms with van der Waals surface area (Å²) < 4.78 is 10.9. The molecule has 0 amide bonds. The molecule has 0 spiro atoms. The minimum Gasteiger partial charge on any atom is -0.465 e. The monoisotopic (exact) mass is 241 g/mol. The van der Waals surface area contributed by atoms with E-state index < -0.39 is 9.52 Å². The molecule has 0 unspecified atom stereocenters. The second-order valence-electron chi connectivity index (χ2n) is 3.54. The molecule has 0 rings (SSSR count). The van der Waals surface area contributed by atoms with Crippen LogP contribution in [-0.4, -0.2) is 28.1 Å². The second-order valence-corrected chi connectivity index (χ2v) is 5.49. The molecule has 0 aliphatic rings. The Morgan fingerprint density at radius 1 is 1.38 bits per heavy atom. The zero-order chi connectivity index (χ0) is 12.4. The Morgan fingerprint density at radius 3 is 2.38 bits per heavy atom. The van der Waals surface area contributed by atoms with Crippen molar-refractivity contribution in [2.24, 2.45) is 4.99 Å². The quantitative estimate of drug-likeness (QED) is 0.154. The maximum absolute atomic E-state index is 9.84. The van der Waals surface area contributed by atoms with Crippen LogP contribution in [0.1, 0.15) is 20.3 Å². The highest BCUT2D eigenvalue weighted by Gasteiger charge is 2.10. The molecule has 5 heteroatoms. The van der Waals surface area contributed by atoms with Gasteiger partial charge in [0.1, 0.15) is 9.52 Å². The smallest absolute Gasteiger partial charge is 0.234 e. The number of hydrogen-bond donors (Lipinski definition) is 0. The maximum atomic E-state index is 9.84. The molecule has 0 aromatic rings. The molecule has 0 heterocycles. The second kappa shape index (κ2) is 8.94. The van der Waals surface area contributed by atoms with Gasteiger partial charge in [-0.25, -0.2) is 9.79 Å². The number of aliphatic imine (C=N–C) groups is 1. The highest BCUT2D eigenvalue weighted by Crippen LogP contribution is 2.07. The van der Waals surface area contributed by atoms with E-state index in [1.165, 1.54) is 6.08 Å². The van der Waals surface area contributed by atoms with Crippen LogP contribution in [-0.2, 0) is 14.3 Å². The molecular weight excluding hydrogens is 222 g/mol. The fourth-order valence-corrected chi connectivity index (χ4v) is 2.79. The number of hydrogen-bond acceptors (Lipinski definition) is 4. The molecule has 0 saturated carbocycles. The van der Waals surface area contributed by atoms with Gasteiger partial charge in [-0.05, 0) is 20.3 Å². The summed E-state index contributed by atoms with van der Waals surface area (Å²) in [6.07, 6.45) is 2.39. The van der Waals surface area contributed by atoms with Gasteiger partial charge >= 0.3 is 0 Å². The van der Waals surface area contributed by atoms with Gasteiger partial charge in [-0.15, -0.1) is 0 Å². The van der Waals surface area contributed by atoms with E-state index in [4.69, 9.17) is 9.47 Å². The summed E-state index contributed by atoms with van der Waals surface area (Å²) in [5, 5.41) is 0. The van der Waals surface area contributed by atoms with Crippen LogP contribution in [0.4, 0.5) is 0 Å². The molecule has 0 bridgehead atoms. The Balaban J connectivity index is 3.86. The summed E-state index contributed by atoms with van der Waals surface area (Å²) in [6.45, 7) is 11.5. The van der Waals surface area contributed by atoms with Crippen molar-refractivity contribution < 1.29 is 14.3 Å². The SMILES string of the molecule is C=C(C)OC(OC(=C)C)[SiH2]CCCN=C=O. The number of nitrogens with zero attached hydrogens (tertiary/aromatic N) is 1. The predicted octanol–water partition coefficient (Wildman–Crippen LogP) is 1.68. The molecule has 16 heavy (non-hydrogen) atoms. The van der Waals surface area contributed by atoms with Crippen molar-refractivity contribution in [1.29, 1.82) is 0 Å². The predicted molar refractivity (Wildman–Crippen MR) is 66.5 cm³/mol. The molecule has 90 valence electrons. The number of carbonyl (C=O) groups excluding carboxylic acids is 1. The summed E-state index contributed by atoms with van der Waals surface area (Å²) in [6, 6.07) is 0.996. The summed E-state index contributed by atoms with van der Waals surface area (Å²) >= 11 is 0. The summed E-state index contributed by atoms with van der Waals surface area (Å²) in [4.78, 5) is 13.3. The minimum atomic E-state index is -0.544. The molecule has 0 saturated heterocycles. The molecular formula is C11H19NO3Si. The third-order valence-electron chi connectivity index (χ3n) is 1.69. The van der Waals surface area contributed by atoms with E-state index in [1.54, 1.807) is 13.8 Å². The molecule has 0 aliphatic heterocycles. The Kier molecular flexibility index (Phi) is 8.20. The summed E-state index contributed by atoms with van der Waals surface area (Å²) in [5.74, 6) is 1.07. The van der Waals surface area contributed by atoms with Crippen molar-refractivity contribution in [1.82, 2.24) is 0 Å². The first-order valence-corrected chi connectivity index (χ1v) is 7.06. The first-order chi connectivity index (χ1) is 7.56. The largest absolute Gasteiger partial charge is 0.465 e. The normalized spacial score (nSPS) is 10.2. The van der Waals surface area contributed by atoms with Crippen LogP contribution in [0.2, 0.25) is 6.04 Å². The van der Waals surface area contributed by atoms with E-state index >= 15 is 0 Å². The third kappa shape index (κ3) is 9.24. The number of rotatable bonds is 9. The molecule has 0 aromatic heterocycles. The highest BCUT2D eigenvalue weighted by molar-refractivity contribution is 6.36. The van der Waals surface area contributed by atoms with Gasteiger partial charge in [-0.3, -0.25) is 0 Å². The molecule has 4 nitrogen and oxygen atoms in total. The van der Waals surface area contributed by atoms with Crippen LogP contribution >= 0.6 is 0 Å². The van der Waals surface area contributed by atoms with Gasteiger partial charge in [0.2, 0.25) is 12.0 Å². The summed E-state index contributed by atoms with van der Waals surface area (Å²) in [7, 11) is -0.544. The van der Waals surface area contributed by atoms with Crippen LogP contribution in [0.5, 0.6) is 0 Å². The van der Waals surface area contributed by atoms with Crippen molar-refractivity contribution in [3.05, 3.63) is 24.7 Å². The van der Waals surface area contributed by atoms with Crippen molar-refractivity contribution in [2.45, 2.75) is 32.2 Å². The van der Waals surface area contributed by atoms with Gasteiger partial charge in [-0.1, -0.05) is 19.2 Å². The van der Waals surface area contributed by atoms with Gasteiger partial charge in [0.05, 0.1) is 18.1 Å². The minimum absolute atomic E-state index is 0.213. The maximum Gasteiger partial charge on any atom is 0.234 e. The molecule has 0 aliphatic carbocycles. The van der Waals surface area contributed by atoms with E-state index in [9.17, 15) is 4.79 Å². The van der Waals surface area contributed by atoms with E-state index in [1.807, 2.05) is 0 Å². The molecule has 0 radical (unpaired) electrons. The lowest BCUT2D eigenvalue weighted by molar-refractivity contribution is -0.0252. The Morgan fingerprint density at radius 2 is 1.94 bits per heavy atom. The average molecular weight is 241 g/mol. The van der Waals surface area contributed by atoms with Gasteiger partial charge < -0.3 is 9.47 Å². The lowest BCUT2D eigenvalue weighted by Gasteiger charge is -2.20. The van der Waals surface area contributed by atoms with Crippen LogP contribution in [0.25, 0.3) is 0 Å². The third-order valence-corrected chi connectivity index (χ3v) is 3.40. The summed E-state index contributed by atoms with van der Waals surface area (Å²) in [5.41, 5.74) is 0. The zero-order valence-electron chi connectivity index (χ0n) is 9.99. The number of isocyanates is 1. The molecule has 0 aromatic carbocycles. The van der Waals surface area contributed by atoms with Crippen molar-refractivity contribution >= 4 is 15.6 Å². The van der Waals surface area contributed by atoms with E-state index in [0.29, 0.717) is 18.1 Å². The molecule has 0 N–H and O–H groups in total. The van der Waals surface area contributed by atoms with Crippen molar-refractivity contribution in [3.63, 3.8) is 0 Å². The topological polar surface area (TPSA) is 47.9 Å². The molecule has 0 fully saturated rings. The van der Waals surface area contributed by atoms with Crippen LogP contribution in [0.15, 0.2) is 29.7 Å².